The number of carbonyl (C=O) groups excluding carboxylic acids is 1. The van der Waals surface area contributed by atoms with Crippen LogP contribution in [0.15, 0.2) is 22.5 Å². The van der Waals surface area contributed by atoms with Crippen LogP contribution in [0.25, 0.3) is 0 Å². The standard InChI is InChI=1S/C12H13ClN4OS2/c1-2-10-16-12(20-17-10)19-6-11(18)15-9-4-3-7(13)5-8(9)14/h3-5H,2,6,14H2,1H3,(H,15,18). The zero-order chi connectivity index (χ0) is 14.5. The van der Waals surface area contributed by atoms with Gasteiger partial charge in [-0.3, -0.25) is 4.79 Å². The molecule has 5 nitrogen and oxygen atoms in total. The predicted octanol–water partition coefficient (Wildman–Crippen LogP) is 3.07. The molecule has 106 valence electrons. The van der Waals surface area contributed by atoms with Crippen LogP contribution in [-0.4, -0.2) is 21.0 Å². The van der Waals surface area contributed by atoms with E-state index in [-0.39, 0.29) is 11.7 Å². The van der Waals surface area contributed by atoms with Crippen molar-refractivity contribution in [3.05, 3.63) is 29.0 Å². The number of nitrogens with one attached hydrogen (secondary N) is 1. The van der Waals surface area contributed by atoms with Gasteiger partial charge in [0.1, 0.15) is 5.82 Å². The largest absolute Gasteiger partial charge is 0.397 e. The van der Waals surface area contributed by atoms with Crippen LogP contribution < -0.4 is 11.1 Å². The Hall–Kier alpha value is -1.31. The van der Waals surface area contributed by atoms with Crippen LogP contribution in [0.3, 0.4) is 0 Å². The molecule has 0 unspecified atom stereocenters. The molecule has 8 heteroatoms. The molecule has 0 radical (unpaired) electrons. The Labute approximate surface area is 130 Å². The second-order valence-corrected chi connectivity index (χ2v) is 6.31. The molecule has 0 aliphatic heterocycles. The topological polar surface area (TPSA) is 80.9 Å². The quantitative estimate of drug-likeness (QED) is 0.651. The molecule has 0 aliphatic carbocycles. The van der Waals surface area contributed by atoms with Gasteiger partial charge in [0, 0.05) is 11.4 Å². The molecular weight excluding hydrogens is 316 g/mol. The summed E-state index contributed by atoms with van der Waals surface area (Å²) in [6.07, 6.45) is 0.796. The minimum atomic E-state index is -0.141. The third-order valence-electron chi connectivity index (χ3n) is 2.38. The lowest BCUT2D eigenvalue weighted by molar-refractivity contribution is -0.113. The Morgan fingerprint density at radius 2 is 2.35 bits per heavy atom. The van der Waals surface area contributed by atoms with E-state index < -0.39 is 0 Å². The molecule has 3 N–H and O–H groups in total. The Morgan fingerprint density at radius 3 is 3.00 bits per heavy atom. The highest BCUT2D eigenvalue weighted by molar-refractivity contribution is 8.01. The van der Waals surface area contributed by atoms with Crippen LogP contribution in [0.4, 0.5) is 11.4 Å². The molecule has 2 rings (SSSR count). The molecule has 0 saturated heterocycles. The summed E-state index contributed by atoms with van der Waals surface area (Å²) >= 11 is 8.47. The summed E-state index contributed by atoms with van der Waals surface area (Å²) in [5, 5.41) is 3.28. The first-order valence-corrected chi connectivity index (χ1v) is 8.02. The minimum absolute atomic E-state index is 0.141. The maximum Gasteiger partial charge on any atom is 0.234 e. The van der Waals surface area contributed by atoms with E-state index in [1.165, 1.54) is 23.3 Å². The van der Waals surface area contributed by atoms with Crippen molar-refractivity contribution in [3.63, 3.8) is 0 Å². The smallest absolute Gasteiger partial charge is 0.234 e. The number of rotatable bonds is 5. The van der Waals surface area contributed by atoms with Crippen molar-refractivity contribution in [1.29, 1.82) is 0 Å². The van der Waals surface area contributed by atoms with E-state index in [2.05, 4.69) is 14.7 Å². The number of nitrogens with zero attached hydrogens (tertiary/aromatic N) is 2. The predicted molar refractivity (Wildman–Crippen MR) is 84.5 cm³/mol. The van der Waals surface area contributed by atoms with Crippen molar-refractivity contribution in [3.8, 4) is 0 Å². The minimum Gasteiger partial charge on any atom is -0.397 e. The summed E-state index contributed by atoms with van der Waals surface area (Å²) in [7, 11) is 0. The Bertz CT molecular complexity index is 617. The van der Waals surface area contributed by atoms with Gasteiger partial charge in [-0.25, -0.2) is 4.98 Å². The highest BCUT2D eigenvalue weighted by Gasteiger charge is 2.09. The van der Waals surface area contributed by atoms with Crippen LogP contribution in [0.2, 0.25) is 5.02 Å². The average Bonchev–Trinajstić information content (AvgIpc) is 2.88. The molecule has 1 aromatic heterocycles. The van der Waals surface area contributed by atoms with Gasteiger partial charge in [-0.1, -0.05) is 30.3 Å². The van der Waals surface area contributed by atoms with Crippen LogP contribution in [0, 0.1) is 0 Å². The number of benzene rings is 1. The number of hydrogen-bond donors (Lipinski definition) is 2. The van der Waals surface area contributed by atoms with Crippen LogP contribution in [0.1, 0.15) is 12.7 Å². The molecule has 2 aromatic rings. The molecule has 1 aromatic carbocycles. The number of halogens is 1. The first-order chi connectivity index (χ1) is 9.58. The summed E-state index contributed by atoms with van der Waals surface area (Å²) in [6.45, 7) is 1.99. The highest BCUT2D eigenvalue weighted by Crippen LogP contribution is 2.24. The molecule has 1 heterocycles. The Kier molecular flexibility index (Phi) is 5.22. The summed E-state index contributed by atoms with van der Waals surface area (Å²) < 4.78 is 4.96. The number of nitrogen functional groups attached to an aromatic ring is 1. The van der Waals surface area contributed by atoms with E-state index in [9.17, 15) is 4.79 Å². The van der Waals surface area contributed by atoms with Crippen LogP contribution >= 0.6 is 34.9 Å². The van der Waals surface area contributed by atoms with Gasteiger partial charge in [-0.2, -0.15) is 4.37 Å². The summed E-state index contributed by atoms with van der Waals surface area (Å²) in [5.41, 5.74) is 6.78. The summed E-state index contributed by atoms with van der Waals surface area (Å²) in [6, 6.07) is 4.96. The van der Waals surface area contributed by atoms with Gasteiger partial charge in [-0.05, 0) is 29.7 Å². The molecule has 0 atom stereocenters. The molecule has 0 fully saturated rings. The van der Waals surface area contributed by atoms with Gasteiger partial charge in [0.05, 0.1) is 17.1 Å². The third-order valence-corrected chi connectivity index (χ3v) is 4.49. The van der Waals surface area contributed by atoms with E-state index in [0.29, 0.717) is 16.4 Å². The number of hydrogen-bond acceptors (Lipinski definition) is 6. The number of anilines is 2. The second kappa shape index (κ2) is 6.92. The molecule has 0 spiro atoms. The van der Waals surface area contributed by atoms with Crippen molar-refractivity contribution >= 4 is 52.2 Å². The molecule has 0 bridgehead atoms. The molecule has 1 amide bonds. The van der Waals surface area contributed by atoms with Crippen LogP contribution in [0.5, 0.6) is 0 Å². The maximum absolute atomic E-state index is 11.8. The lowest BCUT2D eigenvalue weighted by atomic mass is 10.2. The fourth-order valence-electron chi connectivity index (χ4n) is 1.40. The first-order valence-electron chi connectivity index (χ1n) is 5.88. The normalized spacial score (nSPS) is 10.5. The second-order valence-electron chi connectivity index (χ2n) is 3.90. The Balaban J connectivity index is 1.89. The van der Waals surface area contributed by atoms with Gasteiger partial charge < -0.3 is 11.1 Å². The zero-order valence-electron chi connectivity index (χ0n) is 10.7. The van der Waals surface area contributed by atoms with E-state index >= 15 is 0 Å². The average molecular weight is 329 g/mol. The summed E-state index contributed by atoms with van der Waals surface area (Å²) in [5.74, 6) is 0.928. The number of aryl methyl sites for hydroxylation is 1. The fraction of sp³-hybridized carbons (Fsp3) is 0.250. The van der Waals surface area contributed by atoms with Crippen LogP contribution in [-0.2, 0) is 11.2 Å². The number of carbonyl (C=O) groups is 1. The molecule has 0 saturated carbocycles. The first kappa shape index (κ1) is 15.1. The zero-order valence-corrected chi connectivity index (χ0v) is 13.1. The molecular formula is C12H13ClN4OS2. The van der Waals surface area contributed by atoms with Crippen molar-refractivity contribution < 1.29 is 4.79 Å². The van der Waals surface area contributed by atoms with Gasteiger partial charge in [0.25, 0.3) is 0 Å². The van der Waals surface area contributed by atoms with Crippen molar-refractivity contribution in [1.82, 2.24) is 9.36 Å². The van der Waals surface area contributed by atoms with E-state index in [0.717, 1.165) is 16.6 Å². The van der Waals surface area contributed by atoms with Gasteiger partial charge >= 0.3 is 0 Å². The monoisotopic (exact) mass is 328 g/mol. The van der Waals surface area contributed by atoms with E-state index in [1.54, 1.807) is 18.2 Å². The van der Waals surface area contributed by atoms with E-state index in [1.807, 2.05) is 6.92 Å². The number of thioether (sulfide) groups is 1. The van der Waals surface area contributed by atoms with Gasteiger partial charge in [-0.15, -0.1) is 0 Å². The molecule has 20 heavy (non-hydrogen) atoms. The lowest BCUT2D eigenvalue weighted by Crippen LogP contribution is -2.15. The maximum atomic E-state index is 11.8. The number of nitrogens with two attached hydrogens (primary N) is 1. The van der Waals surface area contributed by atoms with Crippen molar-refractivity contribution in [2.75, 3.05) is 16.8 Å². The SMILES string of the molecule is CCc1nsc(SCC(=O)Nc2ccc(Cl)cc2N)n1. The van der Waals surface area contributed by atoms with Gasteiger partial charge in [0.2, 0.25) is 5.91 Å². The highest BCUT2D eigenvalue weighted by atomic mass is 35.5. The fourth-order valence-corrected chi connectivity index (χ4v) is 3.08. The molecule has 0 aliphatic rings. The third kappa shape index (κ3) is 4.09. The van der Waals surface area contributed by atoms with E-state index in [4.69, 9.17) is 17.3 Å². The number of amides is 1. The van der Waals surface area contributed by atoms with Gasteiger partial charge in [0.15, 0.2) is 4.34 Å². The lowest BCUT2D eigenvalue weighted by Gasteiger charge is -2.07. The van der Waals surface area contributed by atoms with Crippen molar-refractivity contribution in [2.24, 2.45) is 0 Å². The van der Waals surface area contributed by atoms with Crippen molar-refractivity contribution in [2.45, 2.75) is 17.7 Å². The number of aromatic nitrogens is 2. The Morgan fingerprint density at radius 1 is 1.55 bits per heavy atom. The summed E-state index contributed by atoms with van der Waals surface area (Å²) in [4.78, 5) is 16.1.